The van der Waals surface area contributed by atoms with E-state index in [1.54, 1.807) is 13.0 Å². The molecule has 1 aliphatic rings. The molecule has 0 saturated carbocycles. The van der Waals surface area contributed by atoms with Crippen molar-refractivity contribution < 1.29 is 4.79 Å². The highest BCUT2D eigenvalue weighted by Gasteiger charge is 2.21. The number of aromatic nitrogens is 4. The summed E-state index contributed by atoms with van der Waals surface area (Å²) in [6, 6.07) is 19.5. The summed E-state index contributed by atoms with van der Waals surface area (Å²) in [6.45, 7) is 2.65. The van der Waals surface area contributed by atoms with Gasteiger partial charge in [0.15, 0.2) is 0 Å². The molecule has 2 aromatic heterocycles. The highest BCUT2D eigenvalue weighted by Crippen LogP contribution is 2.29. The summed E-state index contributed by atoms with van der Waals surface area (Å²) in [5.41, 5.74) is 3.56. The number of carbonyl (C=O) groups excluding carboxylic acids is 1. The van der Waals surface area contributed by atoms with Crippen LogP contribution >= 0.6 is 0 Å². The number of anilines is 1. The van der Waals surface area contributed by atoms with E-state index in [2.05, 4.69) is 21.2 Å². The summed E-state index contributed by atoms with van der Waals surface area (Å²) in [5, 5.41) is 7.44. The summed E-state index contributed by atoms with van der Waals surface area (Å²) in [7, 11) is 0. The van der Waals surface area contributed by atoms with E-state index in [0.717, 1.165) is 48.5 Å². The fourth-order valence-corrected chi connectivity index (χ4v) is 4.17. The predicted molar refractivity (Wildman–Crippen MR) is 128 cm³/mol. The molecule has 0 fully saturated rings. The minimum absolute atomic E-state index is 0.314. The van der Waals surface area contributed by atoms with Gasteiger partial charge < -0.3 is 9.88 Å². The van der Waals surface area contributed by atoms with Crippen LogP contribution in [0.3, 0.4) is 0 Å². The van der Waals surface area contributed by atoms with Crippen molar-refractivity contribution >= 4 is 11.6 Å². The second kappa shape index (κ2) is 8.86. The lowest BCUT2D eigenvalue weighted by Crippen LogP contribution is -2.33. The molecule has 166 valence electrons. The van der Waals surface area contributed by atoms with Crippen LogP contribution < -0.4 is 10.9 Å². The molecular formula is C26H25N5O2. The number of fused-ring (bicyclic) bond motifs is 1. The molecule has 0 saturated heterocycles. The predicted octanol–water partition coefficient (Wildman–Crippen LogP) is 4.31. The Hall–Kier alpha value is -4.00. The Labute approximate surface area is 191 Å². The topological polar surface area (TPSA) is 81.8 Å². The number of carbonyl (C=O) groups is 1. The molecule has 5 rings (SSSR count). The van der Waals surface area contributed by atoms with Gasteiger partial charge in [0.25, 0.3) is 5.56 Å². The quantitative estimate of drug-likeness (QED) is 0.502. The molecule has 4 aromatic rings. The monoisotopic (exact) mass is 439 g/mol. The second-order valence-corrected chi connectivity index (χ2v) is 8.27. The Morgan fingerprint density at radius 3 is 2.58 bits per heavy atom. The first kappa shape index (κ1) is 20.9. The van der Waals surface area contributed by atoms with E-state index in [9.17, 15) is 9.59 Å². The van der Waals surface area contributed by atoms with Crippen LogP contribution in [-0.4, -0.2) is 25.2 Å². The van der Waals surface area contributed by atoms with Crippen molar-refractivity contribution in [3.05, 3.63) is 89.1 Å². The molecule has 1 aliphatic heterocycles. The Morgan fingerprint density at radius 2 is 1.76 bits per heavy atom. The third kappa shape index (κ3) is 4.22. The molecule has 0 unspecified atom stereocenters. The lowest BCUT2D eigenvalue weighted by atomic mass is 10.1. The lowest BCUT2D eigenvalue weighted by Gasteiger charge is -2.16. The van der Waals surface area contributed by atoms with E-state index in [1.165, 1.54) is 10.7 Å². The van der Waals surface area contributed by atoms with Gasteiger partial charge in [-0.2, -0.15) is 5.10 Å². The maximum absolute atomic E-state index is 13.2. The molecule has 1 amide bonds. The van der Waals surface area contributed by atoms with Gasteiger partial charge in [0.1, 0.15) is 11.9 Å². The molecule has 0 aliphatic carbocycles. The van der Waals surface area contributed by atoms with Crippen molar-refractivity contribution in [2.45, 2.75) is 38.8 Å². The molecule has 7 heteroatoms. The van der Waals surface area contributed by atoms with Crippen molar-refractivity contribution in [3.63, 3.8) is 0 Å². The molecule has 0 bridgehead atoms. The first-order valence-electron chi connectivity index (χ1n) is 11.2. The second-order valence-electron chi connectivity index (χ2n) is 8.27. The minimum Gasteiger partial charge on any atom is -0.334 e. The van der Waals surface area contributed by atoms with Crippen LogP contribution in [0.5, 0.6) is 0 Å². The molecule has 7 nitrogen and oxygen atoms in total. The highest BCUT2D eigenvalue weighted by molar-refractivity contribution is 5.97. The number of hydrogen-bond acceptors (Lipinski definition) is 4. The zero-order chi connectivity index (χ0) is 22.8. The Kier molecular flexibility index (Phi) is 5.60. The maximum Gasteiger partial charge on any atom is 0.267 e. The molecule has 3 heterocycles. The van der Waals surface area contributed by atoms with Crippen LogP contribution in [0, 0.1) is 0 Å². The Balaban J connectivity index is 1.42. The van der Waals surface area contributed by atoms with Crippen molar-refractivity contribution in [2.75, 3.05) is 5.32 Å². The third-order valence-electron chi connectivity index (χ3n) is 6.01. The number of nitrogens with zero attached hydrogens (tertiary/aromatic N) is 4. The molecular weight excluding hydrogens is 414 g/mol. The SMILES string of the molecule is C[C@@H](C(=O)Nc1ccccc1-c1cn2c(n1)CCCC2)n1nc(-c2ccccc2)ccc1=O. The van der Waals surface area contributed by atoms with Crippen molar-refractivity contribution in [1.82, 2.24) is 19.3 Å². The first-order chi connectivity index (χ1) is 16.1. The van der Waals surface area contributed by atoms with Crippen molar-refractivity contribution in [1.29, 1.82) is 0 Å². The lowest BCUT2D eigenvalue weighted by molar-refractivity contribution is -0.119. The van der Waals surface area contributed by atoms with Crippen molar-refractivity contribution in [2.24, 2.45) is 0 Å². The zero-order valence-electron chi connectivity index (χ0n) is 18.4. The number of benzene rings is 2. The number of aryl methyl sites for hydroxylation is 2. The Morgan fingerprint density at radius 1 is 0.970 bits per heavy atom. The summed E-state index contributed by atoms with van der Waals surface area (Å²) < 4.78 is 3.42. The van der Waals surface area contributed by atoms with Gasteiger partial charge in [0, 0.05) is 36.4 Å². The van der Waals surface area contributed by atoms with E-state index in [1.807, 2.05) is 54.6 Å². The number of para-hydroxylation sites is 1. The van der Waals surface area contributed by atoms with Crippen LogP contribution in [0.1, 0.15) is 31.6 Å². The van der Waals surface area contributed by atoms with E-state index in [0.29, 0.717) is 11.4 Å². The normalized spacial score (nSPS) is 13.8. The van der Waals surface area contributed by atoms with E-state index in [-0.39, 0.29) is 11.5 Å². The molecule has 2 aromatic carbocycles. The largest absolute Gasteiger partial charge is 0.334 e. The minimum atomic E-state index is -0.788. The van der Waals surface area contributed by atoms with Crippen LogP contribution in [0.4, 0.5) is 5.69 Å². The van der Waals surface area contributed by atoms with Gasteiger partial charge >= 0.3 is 0 Å². The average molecular weight is 440 g/mol. The fourth-order valence-electron chi connectivity index (χ4n) is 4.17. The number of rotatable bonds is 5. The van der Waals surface area contributed by atoms with E-state index >= 15 is 0 Å². The summed E-state index contributed by atoms with van der Waals surface area (Å²) in [6.07, 6.45) is 5.33. The van der Waals surface area contributed by atoms with E-state index in [4.69, 9.17) is 4.98 Å². The van der Waals surface area contributed by atoms with Crippen LogP contribution in [0.15, 0.2) is 77.7 Å². The Bertz CT molecular complexity index is 1330. The van der Waals surface area contributed by atoms with Gasteiger partial charge in [-0.1, -0.05) is 48.5 Å². The van der Waals surface area contributed by atoms with Crippen molar-refractivity contribution in [3.8, 4) is 22.5 Å². The molecule has 1 atom stereocenters. The van der Waals surface area contributed by atoms with Gasteiger partial charge in [-0.05, 0) is 31.9 Å². The van der Waals surface area contributed by atoms with Crippen LogP contribution in [0.2, 0.25) is 0 Å². The van der Waals surface area contributed by atoms with Gasteiger partial charge in [0.05, 0.1) is 17.1 Å². The fraction of sp³-hybridized carbons (Fsp3) is 0.231. The summed E-state index contributed by atoms with van der Waals surface area (Å²) >= 11 is 0. The van der Waals surface area contributed by atoms with Crippen LogP contribution in [-0.2, 0) is 17.8 Å². The van der Waals surface area contributed by atoms with E-state index < -0.39 is 6.04 Å². The van der Waals surface area contributed by atoms with Gasteiger partial charge in [0.2, 0.25) is 5.91 Å². The molecule has 33 heavy (non-hydrogen) atoms. The van der Waals surface area contributed by atoms with Gasteiger partial charge in [-0.25, -0.2) is 9.67 Å². The third-order valence-corrected chi connectivity index (χ3v) is 6.01. The summed E-state index contributed by atoms with van der Waals surface area (Å²) in [4.78, 5) is 30.5. The smallest absolute Gasteiger partial charge is 0.267 e. The standard InChI is InChI=1S/C26H25N5O2/c1-18(31-25(32)15-14-21(29-31)19-9-3-2-4-10-19)26(33)28-22-12-6-5-11-20(22)23-17-30-16-8-7-13-24(30)27-23/h2-6,9-12,14-15,17-18H,7-8,13,16H2,1H3,(H,28,33)/t18-/m0/s1. The average Bonchev–Trinajstić information content (AvgIpc) is 3.29. The molecule has 0 spiro atoms. The first-order valence-corrected chi connectivity index (χ1v) is 11.2. The number of amides is 1. The zero-order valence-corrected chi connectivity index (χ0v) is 18.4. The number of hydrogen-bond donors (Lipinski definition) is 1. The number of nitrogens with one attached hydrogen (secondary N) is 1. The highest BCUT2D eigenvalue weighted by atomic mass is 16.2. The van der Waals surface area contributed by atoms with Gasteiger partial charge in [-0.3, -0.25) is 9.59 Å². The summed E-state index contributed by atoms with van der Waals surface area (Å²) in [5.74, 6) is 0.769. The molecule has 0 radical (unpaired) electrons. The number of imidazole rings is 1. The maximum atomic E-state index is 13.2. The van der Waals surface area contributed by atoms with Crippen LogP contribution in [0.25, 0.3) is 22.5 Å². The molecule has 1 N–H and O–H groups in total. The van der Waals surface area contributed by atoms with Gasteiger partial charge in [-0.15, -0.1) is 0 Å².